The Hall–Kier alpha value is 0.470. The van der Waals surface area contributed by atoms with Crippen LogP contribution in [0, 0.1) is 0 Å². The number of nitrogens with zero attached hydrogens (tertiary/aromatic N) is 2. The Balaban J connectivity index is 0. The second-order valence-corrected chi connectivity index (χ2v) is 2.41. The van der Waals surface area contributed by atoms with Gasteiger partial charge in [-0.2, -0.15) is 0 Å². The Labute approximate surface area is 86.5 Å². The predicted octanol–water partition coefficient (Wildman–Crippen LogP) is -1.75. The zero-order valence-electron chi connectivity index (χ0n) is 8.01. The second-order valence-electron chi connectivity index (χ2n) is 2.41. The van der Waals surface area contributed by atoms with Crippen LogP contribution in [-0.4, -0.2) is 30.9 Å². The number of rotatable bonds is 3. The van der Waals surface area contributed by atoms with Gasteiger partial charge in [0.05, 0.1) is 12.9 Å². The van der Waals surface area contributed by atoms with Crippen molar-refractivity contribution in [1.29, 1.82) is 0 Å². The van der Waals surface area contributed by atoms with Crippen molar-refractivity contribution >= 4 is 6.34 Å². The molecule has 3 heteroatoms. The summed E-state index contributed by atoms with van der Waals surface area (Å²) < 4.78 is 0. The van der Waals surface area contributed by atoms with Crippen molar-refractivity contribution in [2.75, 3.05) is 19.6 Å². The maximum atomic E-state index is 4.12. The van der Waals surface area contributed by atoms with Crippen molar-refractivity contribution in [2.45, 2.75) is 19.8 Å². The fourth-order valence-electron chi connectivity index (χ4n) is 0.948. The van der Waals surface area contributed by atoms with Gasteiger partial charge in [-0.1, -0.05) is 13.3 Å². The van der Waals surface area contributed by atoms with E-state index in [-0.39, 0.29) is 31.0 Å². The minimum atomic E-state index is 0. The Bertz CT molecular complexity index is 109. The first-order valence-corrected chi connectivity index (χ1v) is 3.67. The molecule has 0 bridgehead atoms. The standard InChI is InChI=1S/C7H14N2.Na.H/c1-2-3-5-9-6-4-8-7-9;;/h7H,2-6H2,1H3;;/q;+1;-1. The third-order valence-electron chi connectivity index (χ3n) is 1.56. The molecule has 1 aliphatic rings. The summed E-state index contributed by atoms with van der Waals surface area (Å²) >= 11 is 0. The van der Waals surface area contributed by atoms with Crippen LogP contribution in [0.3, 0.4) is 0 Å². The predicted molar refractivity (Wildman–Crippen MR) is 41.0 cm³/mol. The zero-order chi connectivity index (χ0) is 6.53. The molecule has 0 saturated carbocycles. The molecule has 0 aromatic carbocycles. The quantitative estimate of drug-likeness (QED) is 0.435. The molecule has 0 atom stereocenters. The van der Waals surface area contributed by atoms with Gasteiger partial charge in [0.2, 0.25) is 0 Å². The number of hydrogen-bond acceptors (Lipinski definition) is 2. The maximum absolute atomic E-state index is 4.12. The molecule has 0 saturated heterocycles. The van der Waals surface area contributed by atoms with E-state index in [2.05, 4.69) is 16.8 Å². The molecule has 0 aliphatic carbocycles. The van der Waals surface area contributed by atoms with E-state index < -0.39 is 0 Å². The molecule has 0 fully saturated rings. The average molecular weight is 150 g/mol. The molecule has 0 aromatic rings. The van der Waals surface area contributed by atoms with Crippen molar-refractivity contribution in [3.05, 3.63) is 0 Å². The molecule has 0 aromatic heterocycles. The Morgan fingerprint density at radius 2 is 2.50 bits per heavy atom. The van der Waals surface area contributed by atoms with Gasteiger partial charge in [-0.15, -0.1) is 0 Å². The van der Waals surface area contributed by atoms with Crippen molar-refractivity contribution in [2.24, 2.45) is 4.99 Å². The first kappa shape index (κ1) is 10.5. The summed E-state index contributed by atoms with van der Waals surface area (Å²) in [6.45, 7) is 5.55. The molecule has 0 unspecified atom stereocenters. The van der Waals surface area contributed by atoms with Crippen LogP contribution in [0.1, 0.15) is 21.2 Å². The summed E-state index contributed by atoms with van der Waals surface area (Å²) in [4.78, 5) is 6.40. The number of aliphatic imine (C=N–C) groups is 1. The maximum Gasteiger partial charge on any atom is 1.00 e. The van der Waals surface area contributed by atoms with Crippen molar-refractivity contribution in [3.8, 4) is 0 Å². The topological polar surface area (TPSA) is 15.6 Å². The van der Waals surface area contributed by atoms with Gasteiger partial charge in [0.25, 0.3) is 0 Å². The van der Waals surface area contributed by atoms with Gasteiger partial charge in [0.1, 0.15) is 0 Å². The molecule has 1 heterocycles. The summed E-state index contributed by atoms with van der Waals surface area (Å²) in [6, 6.07) is 0. The molecule has 10 heavy (non-hydrogen) atoms. The minimum absolute atomic E-state index is 0. The van der Waals surface area contributed by atoms with Crippen LogP contribution < -0.4 is 29.6 Å². The van der Waals surface area contributed by atoms with Gasteiger partial charge >= 0.3 is 29.6 Å². The Morgan fingerprint density at radius 1 is 1.70 bits per heavy atom. The van der Waals surface area contributed by atoms with E-state index in [0.717, 1.165) is 13.1 Å². The van der Waals surface area contributed by atoms with Gasteiger partial charge in [0, 0.05) is 13.1 Å². The first-order valence-electron chi connectivity index (χ1n) is 3.67. The van der Waals surface area contributed by atoms with Crippen molar-refractivity contribution < 1.29 is 31.0 Å². The number of hydrogen-bond donors (Lipinski definition) is 0. The molecule has 0 N–H and O–H groups in total. The van der Waals surface area contributed by atoms with Gasteiger partial charge in [0.15, 0.2) is 0 Å². The molecular formula is C7H15N2Na. The average Bonchev–Trinajstić information content (AvgIpc) is 2.34. The zero-order valence-corrected chi connectivity index (χ0v) is 9.01. The summed E-state index contributed by atoms with van der Waals surface area (Å²) in [6.07, 6.45) is 4.55. The molecule has 0 amide bonds. The molecular weight excluding hydrogens is 135 g/mol. The van der Waals surface area contributed by atoms with Crippen LogP contribution >= 0.6 is 0 Å². The van der Waals surface area contributed by atoms with Gasteiger partial charge in [-0.05, 0) is 6.42 Å². The van der Waals surface area contributed by atoms with E-state index >= 15 is 0 Å². The van der Waals surface area contributed by atoms with Crippen LogP contribution in [-0.2, 0) is 0 Å². The van der Waals surface area contributed by atoms with E-state index in [1.165, 1.54) is 19.4 Å². The van der Waals surface area contributed by atoms with Gasteiger partial charge in [-0.25, -0.2) is 0 Å². The van der Waals surface area contributed by atoms with Gasteiger partial charge < -0.3 is 6.33 Å². The third kappa shape index (κ3) is 3.59. The van der Waals surface area contributed by atoms with E-state index in [1.807, 2.05) is 6.34 Å². The smallest absolute Gasteiger partial charge is 1.00 e. The largest absolute Gasteiger partial charge is 1.00 e. The second kappa shape index (κ2) is 6.20. The van der Waals surface area contributed by atoms with Gasteiger partial charge in [-0.3, -0.25) is 4.99 Å². The SMILES string of the molecule is CCCCN1C=NCC1.[H-].[Na+]. The van der Waals surface area contributed by atoms with E-state index in [1.54, 1.807) is 0 Å². The van der Waals surface area contributed by atoms with Crippen molar-refractivity contribution in [3.63, 3.8) is 0 Å². The van der Waals surface area contributed by atoms with Crippen LogP contribution in [0.4, 0.5) is 0 Å². The van der Waals surface area contributed by atoms with E-state index in [0.29, 0.717) is 0 Å². The van der Waals surface area contributed by atoms with E-state index in [9.17, 15) is 0 Å². The van der Waals surface area contributed by atoms with Crippen LogP contribution in [0.2, 0.25) is 0 Å². The summed E-state index contributed by atoms with van der Waals surface area (Å²) in [5.41, 5.74) is 0. The molecule has 54 valence electrons. The van der Waals surface area contributed by atoms with Crippen LogP contribution in [0.5, 0.6) is 0 Å². The van der Waals surface area contributed by atoms with E-state index in [4.69, 9.17) is 0 Å². The summed E-state index contributed by atoms with van der Waals surface area (Å²) in [5.74, 6) is 0. The monoisotopic (exact) mass is 150 g/mol. The fourth-order valence-corrected chi connectivity index (χ4v) is 0.948. The molecule has 0 radical (unpaired) electrons. The molecule has 2 nitrogen and oxygen atoms in total. The molecule has 0 spiro atoms. The number of unbranched alkanes of at least 4 members (excludes halogenated alkanes) is 1. The molecule has 1 rings (SSSR count). The van der Waals surface area contributed by atoms with Crippen LogP contribution in [0.15, 0.2) is 4.99 Å². The first-order chi connectivity index (χ1) is 4.43. The summed E-state index contributed by atoms with van der Waals surface area (Å²) in [7, 11) is 0. The Kier molecular flexibility index (Phi) is 6.49. The Morgan fingerprint density at radius 3 is 3.00 bits per heavy atom. The minimum Gasteiger partial charge on any atom is -1.00 e. The van der Waals surface area contributed by atoms with Crippen molar-refractivity contribution in [1.82, 2.24) is 4.90 Å². The fraction of sp³-hybridized carbons (Fsp3) is 0.857. The van der Waals surface area contributed by atoms with Crippen LogP contribution in [0.25, 0.3) is 0 Å². The summed E-state index contributed by atoms with van der Waals surface area (Å²) in [5, 5.41) is 0. The normalized spacial score (nSPS) is 15.5. The third-order valence-corrected chi connectivity index (χ3v) is 1.56. The molecule has 1 aliphatic heterocycles.